The van der Waals surface area contributed by atoms with Crippen LogP contribution in [0.4, 0.5) is 5.69 Å². The van der Waals surface area contributed by atoms with Gasteiger partial charge in [0.2, 0.25) is 0 Å². The summed E-state index contributed by atoms with van der Waals surface area (Å²) >= 11 is 0. The number of hydrogen-bond donors (Lipinski definition) is 2. The average Bonchev–Trinajstić information content (AvgIpc) is 3.32. The van der Waals surface area contributed by atoms with Gasteiger partial charge in [0.25, 0.3) is 11.8 Å². The number of aryl methyl sites for hydroxylation is 1. The first-order valence-corrected chi connectivity index (χ1v) is 9.43. The summed E-state index contributed by atoms with van der Waals surface area (Å²) in [7, 11) is 1.70. The van der Waals surface area contributed by atoms with Crippen molar-refractivity contribution in [3.8, 4) is 5.75 Å². The van der Waals surface area contributed by atoms with E-state index in [4.69, 9.17) is 4.74 Å². The molecule has 1 aliphatic heterocycles. The molecule has 2 aromatic rings. The van der Waals surface area contributed by atoms with Gasteiger partial charge >= 0.3 is 0 Å². The second-order valence-electron chi connectivity index (χ2n) is 7.91. The fourth-order valence-corrected chi connectivity index (χ4v) is 4.23. The smallest absolute Gasteiger partial charge is 0.272 e. The fourth-order valence-electron chi connectivity index (χ4n) is 4.23. The number of para-hydroxylation sites is 2. The van der Waals surface area contributed by atoms with Gasteiger partial charge in [-0.2, -0.15) is 5.10 Å². The maximum atomic E-state index is 12.9. The number of ether oxygens (including phenoxy) is 1. The van der Waals surface area contributed by atoms with Gasteiger partial charge in [0.05, 0.1) is 5.69 Å². The van der Waals surface area contributed by atoms with Crippen LogP contribution in [0, 0.1) is 5.41 Å². The van der Waals surface area contributed by atoms with Gasteiger partial charge in [0.15, 0.2) is 5.69 Å². The minimum Gasteiger partial charge on any atom is -0.489 e. The highest BCUT2D eigenvalue weighted by Crippen LogP contribution is 2.54. The molecular weight excluding hydrogens is 344 g/mol. The van der Waals surface area contributed by atoms with E-state index in [0.29, 0.717) is 22.5 Å². The molecule has 1 atom stereocenters. The number of nitrogens with zero attached hydrogens (tertiary/aromatic N) is 2. The van der Waals surface area contributed by atoms with E-state index in [-0.39, 0.29) is 18.4 Å². The number of rotatable bonds is 2. The standard InChI is InChI=1S/C20H22N4O3/c1-24-15-4-2-3-5-16(15)27-11-14(19(24)26)21-18(25)17-12-10-20(8-9-20)7-6-13(12)22-23-17/h2-5,14H,6-11H2,1H3,(H,21,25)(H,22,23)/t14-/m0/s1. The molecule has 0 bridgehead atoms. The zero-order chi connectivity index (χ0) is 18.6. The predicted octanol–water partition coefficient (Wildman–Crippen LogP) is 1.83. The third kappa shape index (κ3) is 2.69. The van der Waals surface area contributed by atoms with Crippen molar-refractivity contribution in [3.63, 3.8) is 0 Å². The average molecular weight is 366 g/mol. The molecular formula is C20H22N4O3. The van der Waals surface area contributed by atoms with Crippen molar-refractivity contribution < 1.29 is 14.3 Å². The van der Waals surface area contributed by atoms with Crippen LogP contribution in [0.5, 0.6) is 5.75 Å². The first-order valence-electron chi connectivity index (χ1n) is 9.43. The van der Waals surface area contributed by atoms with Gasteiger partial charge in [0.1, 0.15) is 18.4 Å². The number of carbonyl (C=O) groups is 2. The lowest BCUT2D eigenvalue weighted by Crippen LogP contribution is -2.49. The van der Waals surface area contributed by atoms with Crippen LogP contribution in [0.2, 0.25) is 0 Å². The molecule has 0 saturated heterocycles. The molecule has 0 radical (unpaired) electrons. The molecule has 2 amide bonds. The van der Waals surface area contributed by atoms with Gasteiger partial charge in [0, 0.05) is 18.3 Å². The zero-order valence-electron chi connectivity index (χ0n) is 15.2. The van der Waals surface area contributed by atoms with Crippen LogP contribution in [-0.4, -0.2) is 41.7 Å². The molecule has 7 heteroatoms. The number of H-pyrrole nitrogens is 1. The molecule has 2 heterocycles. The topological polar surface area (TPSA) is 87.3 Å². The number of benzene rings is 1. The van der Waals surface area contributed by atoms with Gasteiger partial charge < -0.3 is 15.0 Å². The van der Waals surface area contributed by atoms with Crippen molar-refractivity contribution in [3.05, 3.63) is 41.2 Å². The summed E-state index contributed by atoms with van der Waals surface area (Å²) in [5.74, 6) is 0.126. The second-order valence-corrected chi connectivity index (χ2v) is 7.91. The summed E-state index contributed by atoms with van der Waals surface area (Å²) in [5, 5.41) is 10.1. The Kier molecular flexibility index (Phi) is 3.54. The quantitative estimate of drug-likeness (QED) is 0.849. The highest BCUT2D eigenvalue weighted by molar-refractivity contribution is 6.03. The number of nitrogens with one attached hydrogen (secondary N) is 2. The summed E-state index contributed by atoms with van der Waals surface area (Å²) in [6.07, 6.45) is 5.48. The highest BCUT2D eigenvalue weighted by atomic mass is 16.5. The lowest BCUT2D eigenvalue weighted by molar-refractivity contribution is -0.120. The number of amides is 2. The van der Waals surface area contributed by atoms with E-state index >= 15 is 0 Å². The Labute approximate surface area is 157 Å². The van der Waals surface area contributed by atoms with Crippen molar-refractivity contribution in [1.82, 2.24) is 15.5 Å². The number of carbonyl (C=O) groups excluding carboxylic acids is 2. The Hall–Kier alpha value is -2.83. The summed E-state index contributed by atoms with van der Waals surface area (Å²) < 4.78 is 5.77. The van der Waals surface area contributed by atoms with E-state index in [9.17, 15) is 9.59 Å². The second kappa shape index (κ2) is 5.84. The van der Waals surface area contributed by atoms with E-state index < -0.39 is 6.04 Å². The lowest BCUT2D eigenvalue weighted by Gasteiger charge is -2.22. The van der Waals surface area contributed by atoms with Crippen molar-refractivity contribution in [1.29, 1.82) is 0 Å². The van der Waals surface area contributed by atoms with Gasteiger partial charge in [-0.15, -0.1) is 0 Å². The molecule has 27 heavy (non-hydrogen) atoms. The molecule has 2 aliphatic carbocycles. The third-order valence-corrected chi connectivity index (χ3v) is 6.15. The van der Waals surface area contributed by atoms with E-state index in [1.54, 1.807) is 7.05 Å². The molecule has 3 aliphatic rings. The molecule has 1 aromatic heterocycles. The minimum absolute atomic E-state index is 0.0997. The Morgan fingerprint density at radius 2 is 2.15 bits per heavy atom. The first-order chi connectivity index (χ1) is 13.1. The van der Waals surface area contributed by atoms with Crippen LogP contribution >= 0.6 is 0 Å². The van der Waals surface area contributed by atoms with Crippen molar-refractivity contribution >= 4 is 17.5 Å². The summed E-state index contributed by atoms with van der Waals surface area (Å²) in [4.78, 5) is 27.2. The Morgan fingerprint density at radius 3 is 2.96 bits per heavy atom. The number of anilines is 1. The lowest BCUT2D eigenvalue weighted by atomic mass is 9.84. The molecule has 2 N–H and O–H groups in total. The summed E-state index contributed by atoms with van der Waals surface area (Å²) in [6, 6.07) is 6.62. The van der Waals surface area contributed by atoms with Gasteiger partial charge in [-0.05, 0) is 49.7 Å². The Bertz CT molecular complexity index is 931. The fraction of sp³-hybridized carbons (Fsp3) is 0.450. The Morgan fingerprint density at radius 1 is 1.33 bits per heavy atom. The molecule has 1 aromatic carbocycles. The maximum Gasteiger partial charge on any atom is 0.272 e. The SMILES string of the molecule is CN1C(=O)[C@@H](NC(=O)c2n[nH]c3c2CC2(CC3)CC2)COc2ccccc21. The normalized spacial score (nSPS) is 22.5. The molecule has 0 unspecified atom stereocenters. The zero-order valence-corrected chi connectivity index (χ0v) is 15.2. The number of aromatic amines is 1. The van der Waals surface area contributed by atoms with E-state index in [0.717, 1.165) is 24.1 Å². The monoisotopic (exact) mass is 366 g/mol. The molecule has 1 fully saturated rings. The highest BCUT2D eigenvalue weighted by Gasteiger charge is 2.46. The van der Waals surface area contributed by atoms with Crippen molar-refractivity contribution in [2.45, 2.75) is 38.1 Å². The van der Waals surface area contributed by atoms with Crippen LogP contribution in [0.3, 0.4) is 0 Å². The van der Waals surface area contributed by atoms with Crippen molar-refractivity contribution in [2.75, 3.05) is 18.6 Å². The number of likely N-dealkylation sites (N-methyl/N-ethyl adjacent to an activating group) is 1. The van der Waals surface area contributed by atoms with E-state index in [2.05, 4.69) is 15.5 Å². The van der Waals surface area contributed by atoms with Gasteiger partial charge in [-0.1, -0.05) is 12.1 Å². The number of aromatic nitrogens is 2. The molecule has 1 saturated carbocycles. The van der Waals surface area contributed by atoms with E-state index in [1.165, 1.54) is 24.2 Å². The molecule has 7 nitrogen and oxygen atoms in total. The Balaban J connectivity index is 1.36. The van der Waals surface area contributed by atoms with Crippen LogP contribution < -0.4 is 15.0 Å². The maximum absolute atomic E-state index is 12.9. The minimum atomic E-state index is -0.749. The molecule has 5 rings (SSSR count). The third-order valence-electron chi connectivity index (χ3n) is 6.15. The van der Waals surface area contributed by atoms with Crippen molar-refractivity contribution in [2.24, 2.45) is 5.41 Å². The number of fused-ring (bicyclic) bond motifs is 2. The van der Waals surface area contributed by atoms with Crippen LogP contribution in [0.15, 0.2) is 24.3 Å². The van der Waals surface area contributed by atoms with Gasteiger partial charge in [-0.3, -0.25) is 14.7 Å². The largest absolute Gasteiger partial charge is 0.489 e. The van der Waals surface area contributed by atoms with Crippen LogP contribution in [0.1, 0.15) is 41.0 Å². The summed E-state index contributed by atoms with van der Waals surface area (Å²) in [6.45, 7) is 0.0997. The van der Waals surface area contributed by atoms with Gasteiger partial charge in [-0.25, -0.2) is 0 Å². The van der Waals surface area contributed by atoms with Crippen LogP contribution in [-0.2, 0) is 17.6 Å². The number of hydrogen-bond acceptors (Lipinski definition) is 4. The molecule has 1 spiro atoms. The summed E-state index contributed by atoms with van der Waals surface area (Å²) in [5.41, 5.74) is 3.59. The molecule has 140 valence electrons. The van der Waals surface area contributed by atoms with Crippen LogP contribution in [0.25, 0.3) is 0 Å². The predicted molar refractivity (Wildman–Crippen MR) is 98.9 cm³/mol. The first kappa shape index (κ1) is 16.4. The van der Waals surface area contributed by atoms with E-state index in [1.807, 2.05) is 24.3 Å².